The van der Waals surface area contributed by atoms with Gasteiger partial charge in [0.1, 0.15) is 6.04 Å². The molecule has 22 heavy (non-hydrogen) atoms. The van der Waals surface area contributed by atoms with E-state index in [0.717, 1.165) is 5.01 Å². The average molecular weight is 370 g/mol. The van der Waals surface area contributed by atoms with Crippen LogP contribution in [-0.4, -0.2) is 28.4 Å². The Kier molecular flexibility index (Phi) is 6.14. The zero-order valence-corrected chi connectivity index (χ0v) is 15.3. The van der Waals surface area contributed by atoms with Crippen LogP contribution >= 0.6 is 15.9 Å². The molecule has 0 saturated heterocycles. The van der Waals surface area contributed by atoms with Gasteiger partial charge in [0.05, 0.1) is 5.56 Å². The molecule has 0 radical (unpaired) electrons. The highest BCUT2D eigenvalue weighted by Gasteiger charge is 2.33. The smallest absolute Gasteiger partial charge is 0.269 e. The van der Waals surface area contributed by atoms with Gasteiger partial charge in [-0.25, -0.2) is 5.84 Å². The maximum Gasteiger partial charge on any atom is 0.269 e. The number of nitrogens with one attached hydrogen (secondary N) is 1. The second-order valence-electron chi connectivity index (χ2n) is 6.62. The first-order chi connectivity index (χ1) is 10.0. The lowest BCUT2D eigenvalue weighted by molar-refractivity contribution is -0.128. The molecule has 1 atom stereocenters. The lowest BCUT2D eigenvalue weighted by Gasteiger charge is -2.32. The first kappa shape index (κ1) is 18.6. The molecule has 0 saturated carbocycles. The summed E-state index contributed by atoms with van der Waals surface area (Å²) in [4.78, 5) is 25.0. The lowest BCUT2D eigenvalue weighted by atomic mass is 10.00. The summed E-state index contributed by atoms with van der Waals surface area (Å²) in [5.41, 5.74) is 0.0424. The highest BCUT2D eigenvalue weighted by molar-refractivity contribution is 9.10. The number of carbonyl (C=O) groups is 2. The third kappa shape index (κ3) is 4.81. The topological polar surface area (TPSA) is 75.4 Å². The van der Waals surface area contributed by atoms with Crippen LogP contribution in [0.4, 0.5) is 0 Å². The minimum Gasteiger partial charge on any atom is -0.350 e. The average Bonchev–Trinajstić information content (AvgIpc) is 2.35. The van der Waals surface area contributed by atoms with Gasteiger partial charge in [0.15, 0.2) is 0 Å². The molecule has 0 bridgehead atoms. The Balaban J connectivity index is 3.04. The molecule has 0 fully saturated rings. The summed E-state index contributed by atoms with van der Waals surface area (Å²) in [7, 11) is 0. The van der Waals surface area contributed by atoms with Crippen LogP contribution in [0.5, 0.6) is 0 Å². The normalized spacial score (nSPS) is 12.9. The van der Waals surface area contributed by atoms with Gasteiger partial charge in [0, 0.05) is 10.0 Å². The molecule has 1 aromatic carbocycles. The zero-order chi connectivity index (χ0) is 17.1. The minimum absolute atomic E-state index is 0.112. The van der Waals surface area contributed by atoms with Crippen LogP contribution in [0.1, 0.15) is 45.0 Å². The largest absolute Gasteiger partial charge is 0.350 e. The van der Waals surface area contributed by atoms with Crippen molar-refractivity contribution in [3.8, 4) is 0 Å². The monoisotopic (exact) mass is 369 g/mol. The van der Waals surface area contributed by atoms with Gasteiger partial charge in [-0.05, 0) is 54.8 Å². The summed E-state index contributed by atoms with van der Waals surface area (Å²) in [5.74, 6) is 5.22. The van der Waals surface area contributed by atoms with Gasteiger partial charge in [-0.2, -0.15) is 0 Å². The number of benzene rings is 1. The SMILES string of the molecule is CC(C)C(C(=O)NC(C)(C)C)N(N)C(=O)c1ccccc1Br. The number of nitrogens with two attached hydrogens (primary N) is 1. The molecule has 0 aliphatic carbocycles. The summed E-state index contributed by atoms with van der Waals surface area (Å²) < 4.78 is 0.647. The summed E-state index contributed by atoms with van der Waals surface area (Å²) in [6.07, 6.45) is 0. The number of hydrogen-bond donors (Lipinski definition) is 2. The number of nitrogens with zero attached hydrogens (tertiary/aromatic N) is 1. The molecule has 0 heterocycles. The van der Waals surface area contributed by atoms with E-state index < -0.39 is 11.9 Å². The highest BCUT2D eigenvalue weighted by Crippen LogP contribution is 2.19. The Morgan fingerprint density at radius 2 is 1.77 bits per heavy atom. The Bertz CT molecular complexity index is 553. The van der Waals surface area contributed by atoms with E-state index in [1.165, 1.54) is 0 Å². The van der Waals surface area contributed by atoms with Gasteiger partial charge >= 0.3 is 0 Å². The molecular weight excluding hydrogens is 346 g/mol. The van der Waals surface area contributed by atoms with Crippen molar-refractivity contribution in [3.05, 3.63) is 34.3 Å². The first-order valence-electron chi connectivity index (χ1n) is 7.19. The molecule has 0 aliphatic heterocycles. The third-order valence-corrected chi connectivity index (χ3v) is 3.73. The van der Waals surface area contributed by atoms with Gasteiger partial charge < -0.3 is 5.32 Å². The van der Waals surface area contributed by atoms with E-state index in [-0.39, 0.29) is 17.4 Å². The predicted octanol–water partition coefficient (Wildman–Crippen LogP) is 2.70. The van der Waals surface area contributed by atoms with E-state index in [4.69, 9.17) is 5.84 Å². The van der Waals surface area contributed by atoms with Gasteiger partial charge in [-0.3, -0.25) is 14.6 Å². The quantitative estimate of drug-likeness (QED) is 0.486. The number of hydrazine groups is 1. The molecule has 122 valence electrons. The molecule has 1 rings (SSSR count). The minimum atomic E-state index is -0.737. The Hall–Kier alpha value is -1.40. The number of halogens is 1. The first-order valence-corrected chi connectivity index (χ1v) is 7.98. The summed E-state index contributed by atoms with van der Waals surface area (Å²) in [6, 6.07) is 6.27. The van der Waals surface area contributed by atoms with Crippen LogP contribution in [0.2, 0.25) is 0 Å². The van der Waals surface area contributed by atoms with E-state index in [2.05, 4.69) is 21.2 Å². The van der Waals surface area contributed by atoms with Gasteiger partial charge in [0.2, 0.25) is 5.91 Å². The molecule has 2 amide bonds. The van der Waals surface area contributed by atoms with Crippen LogP contribution in [0.25, 0.3) is 0 Å². The third-order valence-electron chi connectivity index (χ3n) is 3.04. The molecule has 3 N–H and O–H groups in total. The maximum absolute atomic E-state index is 12.6. The van der Waals surface area contributed by atoms with E-state index in [9.17, 15) is 9.59 Å². The van der Waals surface area contributed by atoms with Gasteiger partial charge in [-0.1, -0.05) is 26.0 Å². The molecular formula is C16H24BrN3O2. The summed E-state index contributed by atoms with van der Waals surface area (Å²) >= 11 is 3.33. The Labute approximate surface area is 140 Å². The number of rotatable bonds is 4. The summed E-state index contributed by atoms with van der Waals surface area (Å²) in [6.45, 7) is 9.39. The van der Waals surface area contributed by atoms with Crippen LogP contribution in [0.3, 0.4) is 0 Å². The fourth-order valence-electron chi connectivity index (χ4n) is 2.09. The lowest BCUT2D eigenvalue weighted by Crippen LogP contribution is -2.58. The van der Waals surface area contributed by atoms with Crippen molar-refractivity contribution in [3.63, 3.8) is 0 Å². The van der Waals surface area contributed by atoms with Crippen LogP contribution in [0.15, 0.2) is 28.7 Å². The predicted molar refractivity (Wildman–Crippen MR) is 91.0 cm³/mol. The molecule has 6 heteroatoms. The molecule has 0 aromatic heterocycles. The Morgan fingerprint density at radius 1 is 1.23 bits per heavy atom. The van der Waals surface area contributed by atoms with E-state index in [1.54, 1.807) is 18.2 Å². The van der Waals surface area contributed by atoms with Crippen molar-refractivity contribution in [1.29, 1.82) is 0 Å². The van der Waals surface area contributed by atoms with Crippen LogP contribution in [-0.2, 0) is 4.79 Å². The van der Waals surface area contributed by atoms with E-state index in [0.29, 0.717) is 10.0 Å². The molecule has 1 aromatic rings. The van der Waals surface area contributed by atoms with E-state index >= 15 is 0 Å². The number of amides is 2. The molecule has 5 nitrogen and oxygen atoms in total. The maximum atomic E-state index is 12.6. The molecule has 0 spiro atoms. The van der Waals surface area contributed by atoms with Crippen LogP contribution < -0.4 is 11.2 Å². The van der Waals surface area contributed by atoms with Crippen LogP contribution in [0, 0.1) is 5.92 Å². The second-order valence-corrected chi connectivity index (χ2v) is 7.47. The fourth-order valence-corrected chi connectivity index (χ4v) is 2.55. The van der Waals surface area contributed by atoms with Crippen molar-refractivity contribution in [2.24, 2.45) is 11.8 Å². The van der Waals surface area contributed by atoms with Gasteiger partial charge in [0.25, 0.3) is 5.91 Å². The van der Waals surface area contributed by atoms with Crippen molar-refractivity contribution in [2.45, 2.75) is 46.2 Å². The number of carbonyl (C=O) groups excluding carboxylic acids is 2. The highest BCUT2D eigenvalue weighted by atomic mass is 79.9. The summed E-state index contributed by atoms with van der Waals surface area (Å²) in [5, 5.41) is 3.90. The molecule has 0 aliphatic rings. The van der Waals surface area contributed by atoms with Gasteiger partial charge in [-0.15, -0.1) is 0 Å². The van der Waals surface area contributed by atoms with Crippen molar-refractivity contribution in [2.75, 3.05) is 0 Å². The standard InChI is InChI=1S/C16H24BrN3O2/c1-10(2)13(14(21)19-16(3,4)5)20(18)15(22)11-8-6-7-9-12(11)17/h6-10,13H,18H2,1-5H3,(H,19,21). The number of hydrogen-bond acceptors (Lipinski definition) is 3. The van der Waals surface area contributed by atoms with Crippen molar-refractivity contribution < 1.29 is 9.59 Å². The second kappa shape index (κ2) is 7.24. The van der Waals surface area contributed by atoms with Crippen molar-refractivity contribution in [1.82, 2.24) is 10.3 Å². The fraction of sp³-hybridized carbons (Fsp3) is 0.500. The zero-order valence-electron chi connectivity index (χ0n) is 13.7. The molecule has 1 unspecified atom stereocenters. The van der Waals surface area contributed by atoms with E-state index in [1.807, 2.05) is 40.7 Å². The van der Waals surface area contributed by atoms with Crippen molar-refractivity contribution >= 4 is 27.7 Å². The Morgan fingerprint density at radius 3 is 2.23 bits per heavy atom.